The molecule has 0 spiro atoms. The van der Waals surface area contributed by atoms with Gasteiger partial charge in [-0.1, -0.05) is 19.4 Å². The molecule has 1 aromatic heterocycles. The zero-order valence-electron chi connectivity index (χ0n) is 8.47. The molecule has 1 heterocycles. The van der Waals surface area contributed by atoms with Gasteiger partial charge in [0, 0.05) is 12.4 Å². The van der Waals surface area contributed by atoms with Crippen LogP contribution in [-0.2, 0) is 4.79 Å². The van der Waals surface area contributed by atoms with Crippen LogP contribution in [0.1, 0.15) is 19.8 Å². The summed E-state index contributed by atoms with van der Waals surface area (Å²) in [6, 6.07) is 5.72. The molecule has 0 amide bonds. The number of nitrogens with two attached hydrogens (primary N) is 1. The van der Waals surface area contributed by atoms with Crippen molar-refractivity contribution < 1.29 is 9.90 Å². The maximum absolute atomic E-state index is 8.36. The van der Waals surface area contributed by atoms with Crippen LogP contribution in [0.4, 0.5) is 0 Å². The van der Waals surface area contributed by atoms with E-state index in [1.54, 1.807) is 12.4 Å². The molecule has 0 saturated carbocycles. The topological polar surface area (TPSA) is 76.2 Å². The van der Waals surface area contributed by atoms with Crippen molar-refractivity contribution in [2.75, 3.05) is 6.54 Å². The van der Waals surface area contributed by atoms with Gasteiger partial charge in [-0.05, 0) is 25.1 Å². The highest BCUT2D eigenvalue weighted by Gasteiger charge is 1.68. The van der Waals surface area contributed by atoms with Crippen molar-refractivity contribution in [3.63, 3.8) is 0 Å². The SMILES string of the molecule is CCCCN.O=CO.c1ccncc1. The molecule has 0 radical (unpaired) electrons. The number of aromatic nitrogens is 1. The summed E-state index contributed by atoms with van der Waals surface area (Å²) in [5, 5.41) is 6.89. The Bertz CT molecular complexity index is 152. The summed E-state index contributed by atoms with van der Waals surface area (Å²) in [5.41, 5.74) is 5.14. The monoisotopic (exact) mass is 198 g/mol. The van der Waals surface area contributed by atoms with Crippen LogP contribution in [0.2, 0.25) is 0 Å². The first kappa shape index (κ1) is 15.1. The standard InChI is InChI=1S/C5H5N.C4H11N.CH2O2/c1-2-4-6-5-3-1;1-2-3-4-5;2-1-3/h1-5H;2-5H2,1H3;1H,(H,2,3). The first-order valence-electron chi connectivity index (χ1n) is 4.46. The molecule has 3 N–H and O–H groups in total. The number of carbonyl (C=O) groups is 1. The summed E-state index contributed by atoms with van der Waals surface area (Å²) in [4.78, 5) is 12.1. The first-order valence-corrected chi connectivity index (χ1v) is 4.46. The van der Waals surface area contributed by atoms with E-state index in [9.17, 15) is 0 Å². The van der Waals surface area contributed by atoms with Gasteiger partial charge in [0.1, 0.15) is 0 Å². The minimum absolute atomic E-state index is 0.250. The second-order valence-corrected chi connectivity index (χ2v) is 2.27. The quantitative estimate of drug-likeness (QED) is 0.706. The van der Waals surface area contributed by atoms with Crippen LogP contribution in [0.5, 0.6) is 0 Å². The lowest BCUT2D eigenvalue weighted by Gasteiger charge is -1.80. The fourth-order valence-electron chi connectivity index (χ4n) is 0.517. The van der Waals surface area contributed by atoms with Crippen molar-refractivity contribution >= 4 is 6.47 Å². The van der Waals surface area contributed by atoms with Gasteiger partial charge in [0.15, 0.2) is 0 Å². The van der Waals surface area contributed by atoms with Crippen LogP contribution in [0.15, 0.2) is 30.6 Å². The van der Waals surface area contributed by atoms with Gasteiger partial charge in [-0.3, -0.25) is 9.78 Å². The molecule has 0 aliphatic rings. The summed E-state index contributed by atoms with van der Waals surface area (Å²) in [6.07, 6.45) is 5.89. The summed E-state index contributed by atoms with van der Waals surface area (Å²) in [6.45, 7) is 2.73. The molecule has 1 aromatic rings. The van der Waals surface area contributed by atoms with Gasteiger partial charge in [0.25, 0.3) is 6.47 Å². The highest BCUT2D eigenvalue weighted by Crippen LogP contribution is 1.77. The molecule has 0 saturated heterocycles. The Hall–Kier alpha value is -1.42. The van der Waals surface area contributed by atoms with Crippen molar-refractivity contribution in [3.8, 4) is 0 Å². The molecule has 1 rings (SSSR count). The van der Waals surface area contributed by atoms with Gasteiger partial charge < -0.3 is 10.8 Å². The zero-order valence-corrected chi connectivity index (χ0v) is 8.47. The smallest absolute Gasteiger partial charge is 0.290 e. The third-order valence-corrected chi connectivity index (χ3v) is 1.12. The fraction of sp³-hybridized carbons (Fsp3) is 0.400. The van der Waals surface area contributed by atoms with E-state index >= 15 is 0 Å². The highest BCUT2D eigenvalue weighted by molar-refractivity contribution is 5.32. The number of hydrogen-bond acceptors (Lipinski definition) is 3. The predicted octanol–water partition coefficient (Wildman–Crippen LogP) is 1.53. The Kier molecular flexibility index (Phi) is 19.0. The van der Waals surface area contributed by atoms with E-state index in [0.29, 0.717) is 0 Å². The number of unbranched alkanes of at least 4 members (excludes halogenated alkanes) is 1. The third-order valence-electron chi connectivity index (χ3n) is 1.12. The van der Waals surface area contributed by atoms with Crippen molar-refractivity contribution in [1.29, 1.82) is 0 Å². The molecule has 0 unspecified atom stereocenters. The van der Waals surface area contributed by atoms with Crippen molar-refractivity contribution in [2.24, 2.45) is 5.73 Å². The van der Waals surface area contributed by atoms with E-state index < -0.39 is 0 Å². The number of hydrogen-bond donors (Lipinski definition) is 2. The number of pyridine rings is 1. The Morgan fingerprint density at radius 2 is 1.86 bits per heavy atom. The second-order valence-electron chi connectivity index (χ2n) is 2.27. The van der Waals surface area contributed by atoms with Crippen LogP contribution in [0.25, 0.3) is 0 Å². The Balaban J connectivity index is 0. The van der Waals surface area contributed by atoms with Crippen molar-refractivity contribution in [2.45, 2.75) is 19.8 Å². The molecule has 0 atom stereocenters. The van der Waals surface area contributed by atoms with E-state index in [-0.39, 0.29) is 6.47 Å². The van der Waals surface area contributed by atoms with Crippen LogP contribution < -0.4 is 5.73 Å². The third kappa shape index (κ3) is 22.4. The Morgan fingerprint density at radius 3 is 1.93 bits per heavy atom. The van der Waals surface area contributed by atoms with Gasteiger partial charge in [-0.15, -0.1) is 0 Å². The molecule has 0 aromatic carbocycles. The average Bonchev–Trinajstić information content (AvgIpc) is 2.24. The summed E-state index contributed by atoms with van der Waals surface area (Å²) in [5.74, 6) is 0. The zero-order chi connectivity index (χ0) is 11.1. The van der Waals surface area contributed by atoms with E-state index in [0.717, 1.165) is 6.54 Å². The van der Waals surface area contributed by atoms with E-state index in [4.69, 9.17) is 15.6 Å². The average molecular weight is 198 g/mol. The predicted molar refractivity (Wildman–Crippen MR) is 56.9 cm³/mol. The van der Waals surface area contributed by atoms with E-state index in [1.165, 1.54) is 12.8 Å². The molecule has 0 aliphatic carbocycles. The molecular weight excluding hydrogens is 180 g/mol. The van der Waals surface area contributed by atoms with Crippen molar-refractivity contribution in [1.82, 2.24) is 4.98 Å². The molecule has 4 heteroatoms. The lowest BCUT2D eigenvalue weighted by molar-refractivity contribution is -0.122. The fourth-order valence-corrected chi connectivity index (χ4v) is 0.517. The molecule has 80 valence electrons. The van der Waals surface area contributed by atoms with Crippen LogP contribution in [-0.4, -0.2) is 23.1 Å². The number of rotatable bonds is 2. The van der Waals surface area contributed by atoms with Gasteiger partial charge in [0.05, 0.1) is 0 Å². The van der Waals surface area contributed by atoms with Gasteiger partial charge in [0.2, 0.25) is 0 Å². The normalized spacial score (nSPS) is 7.29. The minimum atomic E-state index is -0.250. The highest BCUT2D eigenvalue weighted by atomic mass is 16.3. The summed E-state index contributed by atoms with van der Waals surface area (Å²) >= 11 is 0. The van der Waals surface area contributed by atoms with Gasteiger partial charge in [-0.25, -0.2) is 0 Å². The first-order chi connectivity index (χ1) is 6.83. The number of nitrogens with zero attached hydrogens (tertiary/aromatic N) is 1. The summed E-state index contributed by atoms with van der Waals surface area (Å²) in [7, 11) is 0. The molecule has 0 fully saturated rings. The summed E-state index contributed by atoms with van der Waals surface area (Å²) < 4.78 is 0. The lowest BCUT2D eigenvalue weighted by atomic mass is 10.3. The molecular formula is C10H18N2O2. The van der Waals surface area contributed by atoms with Crippen LogP contribution >= 0.6 is 0 Å². The minimum Gasteiger partial charge on any atom is -0.483 e. The molecule has 4 nitrogen and oxygen atoms in total. The van der Waals surface area contributed by atoms with Gasteiger partial charge in [-0.2, -0.15) is 0 Å². The Morgan fingerprint density at radius 1 is 1.36 bits per heavy atom. The van der Waals surface area contributed by atoms with Crippen molar-refractivity contribution in [3.05, 3.63) is 30.6 Å². The molecule has 0 aliphatic heterocycles. The van der Waals surface area contributed by atoms with E-state index in [2.05, 4.69) is 11.9 Å². The van der Waals surface area contributed by atoms with Crippen LogP contribution in [0.3, 0.4) is 0 Å². The molecule has 14 heavy (non-hydrogen) atoms. The maximum Gasteiger partial charge on any atom is 0.290 e. The second kappa shape index (κ2) is 17.6. The van der Waals surface area contributed by atoms with E-state index in [1.807, 2.05) is 18.2 Å². The maximum atomic E-state index is 8.36. The largest absolute Gasteiger partial charge is 0.483 e. The number of carboxylic acid groups (broad SMARTS) is 1. The molecule has 0 bridgehead atoms. The lowest BCUT2D eigenvalue weighted by Crippen LogP contribution is -1.95. The van der Waals surface area contributed by atoms with Gasteiger partial charge >= 0.3 is 0 Å². The van der Waals surface area contributed by atoms with Crippen LogP contribution in [0, 0.1) is 0 Å². The Labute approximate surface area is 84.8 Å².